The van der Waals surface area contributed by atoms with Crippen LogP contribution in [0, 0.1) is 6.92 Å². The van der Waals surface area contributed by atoms with Crippen molar-refractivity contribution >= 4 is 34.2 Å². The van der Waals surface area contributed by atoms with Crippen LogP contribution in [0.2, 0.25) is 5.02 Å². The number of halogens is 2. The number of para-hydroxylation sites is 1. The second kappa shape index (κ2) is 5.66. The van der Waals surface area contributed by atoms with Gasteiger partial charge in [0.2, 0.25) is 0 Å². The van der Waals surface area contributed by atoms with Crippen LogP contribution in [-0.4, -0.2) is 14.5 Å². The zero-order valence-corrected chi connectivity index (χ0v) is 13.4. The van der Waals surface area contributed by atoms with E-state index in [0.29, 0.717) is 11.6 Å². The van der Waals surface area contributed by atoms with Gasteiger partial charge in [-0.1, -0.05) is 23.7 Å². The first-order valence-electron chi connectivity index (χ1n) is 6.77. The number of benzene rings is 1. The molecule has 108 valence electrons. The van der Waals surface area contributed by atoms with Crippen molar-refractivity contribution in [2.45, 2.75) is 25.8 Å². The summed E-state index contributed by atoms with van der Waals surface area (Å²) in [6.45, 7) is 4.60. The number of hydrogen-bond donors (Lipinski definition) is 0. The Bertz CT molecular complexity index is 793. The van der Waals surface area contributed by atoms with Gasteiger partial charge >= 0.3 is 0 Å². The summed E-state index contributed by atoms with van der Waals surface area (Å²) in [5, 5.41) is 0.444. The molecule has 21 heavy (non-hydrogen) atoms. The van der Waals surface area contributed by atoms with Crippen molar-refractivity contribution < 1.29 is 0 Å². The van der Waals surface area contributed by atoms with Crippen LogP contribution in [0.25, 0.3) is 11.0 Å². The molecule has 0 saturated carbocycles. The van der Waals surface area contributed by atoms with Crippen molar-refractivity contribution in [1.29, 1.82) is 0 Å². The molecule has 1 unspecified atom stereocenters. The van der Waals surface area contributed by atoms with Crippen LogP contribution in [0.3, 0.4) is 0 Å². The minimum absolute atomic E-state index is 0.197. The van der Waals surface area contributed by atoms with Crippen LogP contribution in [-0.2, 0) is 6.54 Å². The van der Waals surface area contributed by atoms with Crippen LogP contribution in [0.4, 0.5) is 0 Å². The highest BCUT2D eigenvalue weighted by Gasteiger charge is 2.17. The molecule has 3 nitrogen and oxygen atoms in total. The van der Waals surface area contributed by atoms with Gasteiger partial charge in [-0.25, -0.2) is 4.98 Å². The summed E-state index contributed by atoms with van der Waals surface area (Å²) >= 11 is 12.5. The second-order valence-electron chi connectivity index (χ2n) is 5.05. The molecule has 0 spiro atoms. The largest absolute Gasteiger partial charge is 0.321 e. The molecule has 0 radical (unpaired) electrons. The van der Waals surface area contributed by atoms with Gasteiger partial charge in [0, 0.05) is 6.20 Å². The Kier molecular flexibility index (Phi) is 3.87. The first-order chi connectivity index (χ1) is 10.1. The lowest BCUT2D eigenvalue weighted by Gasteiger charge is -2.11. The van der Waals surface area contributed by atoms with Crippen molar-refractivity contribution in [2.75, 3.05) is 0 Å². The summed E-state index contributed by atoms with van der Waals surface area (Å²) in [6.07, 6.45) is 1.80. The average Bonchev–Trinajstić information content (AvgIpc) is 2.82. The van der Waals surface area contributed by atoms with Crippen LogP contribution >= 0.6 is 23.2 Å². The molecular weight excluding hydrogens is 305 g/mol. The number of aryl methyl sites for hydroxylation is 1. The van der Waals surface area contributed by atoms with Gasteiger partial charge in [0.1, 0.15) is 11.3 Å². The van der Waals surface area contributed by atoms with Crippen LogP contribution < -0.4 is 0 Å². The second-order valence-corrected chi connectivity index (χ2v) is 6.11. The molecule has 2 aromatic heterocycles. The Morgan fingerprint density at radius 2 is 2.05 bits per heavy atom. The lowest BCUT2D eigenvalue weighted by molar-refractivity contribution is 0.723. The predicted octanol–water partition coefficient (Wildman–Crippen LogP) is 4.74. The maximum atomic E-state index is 6.29. The highest BCUT2D eigenvalue weighted by atomic mass is 35.5. The fourth-order valence-electron chi connectivity index (χ4n) is 2.43. The molecular formula is C16H15Cl2N3. The van der Waals surface area contributed by atoms with E-state index in [2.05, 4.69) is 27.5 Å². The van der Waals surface area contributed by atoms with Gasteiger partial charge in [0.15, 0.2) is 0 Å². The zero-order chi connectivity index (χ0) is 15.0. The fourth-order valence-corrected chi connectivity index (χ4v) is 2.81. The molecule has 0 fully saturated rings. The number of imidazole rings is 1. The minimum atomic E-state index is -0.197. The van der Waals surface area contributed by atoms with E-state index in [9.17, 15) is 0 Å². The molecule has 5 heteroatoms. The molecule has 0 aliphatic rings. The van der Waals surface area contributed by atoms with E-state index in [1.54, 1.807) is 6.20 Å². The smallest absolute Gasteiger partial charge is 0.128 e. The summed E-state index contributed by atoms with van der Waals surface area (Å²) in [5.41, 5.74) is 3.93. The molecule has 1 aromatic carbocycles. The normalized spacial score (nSPS) is 12.8. The highest BCUT2D eigenvalue weighted by Crippen LogP contribution is 2.29. The molecule has 0 N–H and O–H groups in total. The van der Waals surface area contributed by atoms with E-state index in [4.69, 9.17) is 23.2 Å². The fraction of sp³-hybridized carbons (Fsp3) is 0.250. The number of nitrogens with zero attached hydrogens (tertiary/aromatic N) is 3. The summed E-state index contributed by atoms with van der Waals surface area (Å²) in [6, 6.07) is 9.77. The van der Waals surface area contributed by atoms with Gasteiger partial charge in [0.05, 0.1) is 28.2 Å². The topological polar surface area (TPSA) is 30.7 Å². The Hall–Kier alpha value is -1.58. The summed E-state index contributed by atoms with van der Waals surface area (Å²) < 4.78 is 2.09. The number of rotatable bonds is 3. The SMILES string of the molecule is Cc1cccnc1Cn1c(C(C)Cl)nc2c(Cl)cccc21. The number of hydrogen-bond acceptors (Lipinski definition) is 2. The monoisotopic (exact) mass is 319 g/mol. The summed E-state index contributed by atoms with van der Waals surface area (Å²) in [7, 11) is 0. The third-order valence-electron chi connectivity index (χ3n) is 3.54. The van der Waals surface area contributed by atoms with Crippen molar-refractivity contribution in [3.05, 3.63) is 58.6 Å². The van der Waals surface area contributed by atoms with Gasteiger partial charge in [-0.15, -0.1) is 11.6 Å². The van der Waals surface area contributed by atoms with Crippen molar-refractivity contribution in [3.8, 4) is 0 Å². The first kappa shape index (κ1) is 14.4. The van der Waals surface area contributed by atoms with Crippen molar-refractivity contribution in [1.82, 2.24) is 14.5 Å². The van der Waals surface area contributed by atoms with E-state index in [1.165, 1.54) is 0 Å². The van der Waals surface area contributed by atoms with Crippen LogP contribution in [0.5, 0.6) is 0 Å². The zero-order valence-electron chi connectivity index (χ0n) is 11.8. The third-order valence-corrected chi connectivity index (χ3v) is 4.04. The van der Waals surface area contributed by atoms with E-state index in [0.717, 1.165) is 28.1 Å². The van der Waals surface area contributed by atoms with E-state index in [1.807, 2.05) is 31.2 Å². The molecule has 1 atom stereocenters. The van der Waals surface area contributed by atoms with Crippen molar-refractivity contribution in [2.24, 2.45) is 0 Å². The van der Waals surface area contributed by atoms with Gasteiger partial charge in [-0.05, 0) is 37.6 Å². The van der Waals surface area contributed by atoms with Gasteiger partial charge in [0.25, 0.3) is 0 Å². The lowest BCUT2D eigenvalue weighted by atomic mass is 10.2. The molecule has 0 bridgehead atoms. The Morgan fingerprint density at radius 1 is 1.24 bits per heavy atom. The molecule has 3 aromatic rings. The molecule has 3 rings (SSSR count). The van der Waals surface area contributed by atoms with E-state index in [-0.39, 0.29) is 5.38 Å². The summed E-state index contributed by atoms with van der Waals surface area (Å²) in [4.78, 5) is 9.07. The van der Waals surface area contributed by atoms with Crippen LogP contribution in [0.15, 0.2) is 36.5 Å². The Morgan fingerprint density at radius 3 is 2.76 bits per heavy atom. The average molecular weight is 320 g/mol. The highest BCUT2D eigenvalue weighted by molar-refractivity contribution is 6.35. The predicted molar refractivity (Wildman–Crippen MR) is 87.1 cm³/mol. The van der Waals surface area contributed by atoms with Crippen molar-refractivity contribution in [3.63, 3.8) is 0 Å². The van der Waals surface area contributed by atoms with Gasteiger partial charge < -0.3 is 4.57 Å². The van der Waals surface area contributed by atoms with Gasteiger partial charge in [-0.2, -0.15) is 0 Å². The maximum absolute atomic E-state index is 6.29. The third kappa shape index (κ3) is 2.63. The van der Waals surface area contributed by atoms with Crippen LogP contribution in [0.1, 0.15) is 29.4 Å². The Labute approximate surface area is 133 Å². The van der Waals surface area contributed by atoms with E-state index < -0.39 is 0 Å². The molecule has 0 saturated heterocycles. The number of aromatic nitrogens is 3. The number of fused-ring (bicyclic) bond motifs is 1. The quantitative estimate of drug-likeness (QED) is 0.653. The van der Waals surface area contributed by atoms with E-state index >= 15 is 0 Å². The number of pyridine rings is 1. The lowest BCUT2D eigenvalue weighted by Crippen LogP contribution is -2.08. The first-order valence-corrected chi connectivity index (χ1v) is 7.58. The molecule has 0 aliphatic heterocycles. The standard InChI is InChI=1S/C16H15Cl2N3/c1-10-5-4-8-19-13(10)9-21-14-7-3-6-12(18)15(14)20-16(21)11(2)17/h3-8,11H,9H2,1-2H3. The maximum Gasteiger partial charge on any atom is 0.128 e. The summed E-state index contributed by atoms with van der Waals surface area (Å²) in [5.74, 6) is 0.810. The minimum Gasteiger partial charge on any atom is -0.321 e. The van der Waals surface area contributed by atoms with Gasteiger partial charge in [-0.3, -0.25) is 4.98 Å². The Balaban J connectivity index is 2.19. The molecule has 2 heterocycles. The molecule has 0 amide bonds. The number of alkyl halides is 1. The molecule has 0 aliphatic carbocycles.